The maximum Gasteiger partial charge on any atom is 0.418 e. The van der Waals surface area contributed by atoms with E-state index in [4.69, 9.17) is 0 Å². The molecule has 10 heteroatoms. The lowest BCUT2D eigenvalue weighted by Gasteiger charge is -2.15. The van der Waals surface area contributed by atoms with Crippen LogP contribution in [0.25, 0.3) is 11.3 Å². The summed E-state index contributed by atoms with van der Waals surface area (Å²) in [5.74, 6) is -0.817. The second kappa shape index (κ2) is 7.14. The third-order valence-electron chi connectivity index (χ3n) is 4.37. The minimum atomic E-state index is -4.61. The first-order valence-corrected chi connectivity index (χ1v) is 8.77. The molecule has 0 saturated heterocycles. The lowest BCUT2D eigenvalue weighted by molar-refractivity contribution is -0.137. The number of aryl methyl sites for hydroxylation is 1. The third kappa shape index (κ3) is 3.43. The fourth-order valence-corrected chi connectivity index (χ4v) is 3.04. The Hall–Kier alpha value is -3.95. The maximum absolute atomic E-state index is 13.4. The molecular weight excluding hydrogens is 399 g/mol. The van der Waals surface area contributed by atoms with Crippen LogP contribution in [0.2, 0.25) is 0 Å². The summed E-state index contributed by atoms with van der Waals surface area (Å²) in [6, 6.07) is 11.2. The molecule has 0 bridgehead atoms. The van der Waals surface area contributed by atoms with Crippen LogP contribution in [0.3, 0.4) is 0 Å². The van der Waals surface area contributed by atoms with Crippen LogP contribution in [-0.2, 0) is 6.18 Å². The first kappa shape index (κ1) is 19.4. The lowest BCUT2D eigenvalue weighted by atomic mass is 10.1. The van der Waals surface area contributed by atoms with E-state index < -0.39 is 23.2 Å². The molecule has 0 atom stereocenters. The molecule has 4 aromatic rings. The molecule has 1 aromatic carbocycles. The van der Waals surface area contributed by atoms with Gasteiger partial charge in [0, 0.05) is 18.5 Å². The quantitative estimate of drug-likeness (QED) is 0.558. The average Bonchev–Trinajstić information content (AvgIpc) is 3.07. The van der Waals surface area contributed by atoms with E-state index in [2.05, 4.69) is 15.4 Å². The van der Waals surface area contributed by atoms with Crippen LogP contribution in [0.15, 0.2) is 65.7 Å². The Labute approximate surface area is 167 Å². The van der Waals surface area contributed by atoms with Gasteiger partial charge >= 0.3 is 6.18 Å². The van der Waals surface area contributed by atoms with Gasteiger partial charge in [0.1, 0.15) is 17.0 Å². The number of amides is 1. The van der Waals surface area contributed by atoms with Crippen LogP contribution in [-0.4, -0.2) is 25.1 Å². The van der Waals surface area contributed by atoms with Gasteiger partial charge in [-0.1, -0.05) is 18.2 Å². The Balaban J connectivity index is 1.76. The highest BCUT2D eigenvalue weighted by Gasteiger charge is 2.34. The van der Waals surface area contributed by atoms with Crippen molar-refractivity contribution in [1.29, 1.82) is 0 Å². The van der Waals surface area contributed by atoms with Gasteiger partial charge in [-0.15, -0.1) is 0 Å². The standard InChI is InChI=1S/C20H14F3N5O2/c1-12-10-17(28(26-12)15-7-3-2-6-14(15)20(21,22)23)25-18(29)13-11-24-16-8-4-5-9-27(16)19(13)30/h2-11H,1H3,(H,25,29). The van der Waals surface area contributed by atoms with Crippen LogP contribution in [0.4, 0.5) is 19.0 Å². The number of fused-ring (bicyclic) bond motifs is 1. The van der Waals surface area contributed by atoms with E-state index in [1.165, 1.54) is 34.9 Å². The number of para-hydroxylation sites is 1. The molecule has 0 radical (unpaired) electrons. The number of halogens is 3. The largest absolute Gasteiger partial charge is 0.418 e. The molecule has 152 valence electrons. The number of nitrogens with zero attached hydrogens (tertiary/aromatic N) is 4. The molecular formula is C20H14F3N5O2. The Morgan fingerprint density at radius 1 is 1.10 bits per heavy atom. The third-order valence-corrected chi connectivity index (χ3v) is 4.37. The molecule has 0 fully saturated rings. The van der Waals surface area contributed by atoms with Crippen molar-refractivity contribution in [3.05, 3.63) is 88.1 Å². The zero-order chi connectivity index (χ0) is 21.5. The molecule has 3 heterocycles. The number of carbonyl (C=O) groups excluding carboxylic acids is 1. The van der Waals surface area contributed by atoms with E-state index in [1.54, 1.807) is 25.1 Å². The molecule has 0 spiro atoms. The van der Waals surface area contributed by atoms with Crippen molar-refractivity contribution >= 4 is 17.4 Å². The number of carbonyl (C=O) groups is 1. The molecule has 0 saturated carbocycles. The zero-order valence-corrected chi connectivity index (χ0v) is 15.5. The Morgan fingerprint density at radius 2 is 1.83 bits per heavy atom. The van der Waals surface area contributed by atoms with Gasteiger partial charge in [-0.3, -0.25) is 14.0 Å². The summed E-state index contributed by atoms with van der Waals surface area (Å²) in [6.45, 7) is 1.58. The fraction of sp³-hybridized carbons (Fsp3) is 0.100. The molecule has 30 heavy (non-hydrogen) atoms. The maximum atomic E-state index is 13.4. The Bertz CT molecular complexity index is 1320. The number of hydrogen-bond donors (Lipinski definition) is 1. The number of alkyl halides is 3. The van der Waals surface area contributed by atoms with E-state index in [9.17, 15) is 22.8 Å². The van der Waals surface area contributed by atoms with Gasteiger partial charge in [-0.2, -0.15) is 18.3 Å². The molecule has 7 nitrogen and oxygen atoms in total. The highest BCUT2D eigenvalue weighted by molar-refractivity contribution is 6.03. The van der Waals surface area contributed by atoms with Crippen LogP contribution in [0.5, 0.6) is 0 Å². The van der Waals surface area contributed by atoms with Crippen molar-refractivity contribution in [3.63, 3.8) is 0 Å². The fourth-order valence-electron chi connectivity index (χ4n) is 3.04. The summed E-state index contributed by atoms with van der Waals surface area (Å²) in [5, 5.41) is 6.55. The van der Waals surface area contributed by atoms with E-state index in [0.717, 1.165) is 16.9 Å². The van der Waals surface area contributed by atoms with Gasteiger partial charge in [0.25, 0.3) is 11.5 Å². The predicted octanol–water partition coefficient (Wildman–Crippen LogP) is 3.46. The summed E-state index contributed by atoms with van der Waals surface area (Å²) in [6.07, 6.45) is -2.02. The molecule has 4 rings (SSSR count). The number of pyridine rings is 1. The number of rotatable bonds is 3. The molecule has 0 aliphatic carbocycles. The topological polar surface area (TPSA) is 81.3 Å². The number of nitrogens with one attached hydrogen (secondary N) is 1. The van der Waals surface area contributed by atoms with E-state index in [0.29, 0.717) is 11.3 Å². The normalized spacial score (nSPS) is 11.6. The molecule has 1 amide bonds. The van der Waals surface area contributed by atoms with Gasteiger partial charge < -0.3 is 5.32 Å². The number of anilines is 1. The number of hydrogen-bond acceptors (Lipinski definition) is 4. The van der Waals surface area contributed by atoms with Gasteiger partial charge in [0.05, 0.1) is 16.9 Å². The average molecular weight is 413 g/mol. The molecule has 0 aliphatic rings. The van der Waals surface area contributed by atoms with Crippen molar-refractivity contribution in [1.82, 2.24) is 19.2 Å². The highest BCUT2D eigenvalue weighted by atomic mass is 19.4. The van der Waals surface area contributed by atoms with Gasteiger partial charge in [-0.05, 0) is 31.2 Å². The second-order valence-electron chi connectivity index (χ2n) is 6.46. The minimum absolute atomic E-state index is 0.00763. The van der Waals surface area contributed by atoms with E-state index in [1.807, 2.05) is 0 Å². The van der Waals surface area contributed by atoms with E-state index in [-0.39, 0.29) is 17.1 Å². The molecule has 1 N–H and O–H groups in total. The van der Waals surface area contributed by atoms with Gasteiger partial charge in [0.15, 0.2) is 0 Å². The van der Waals surface area contributed by atoms with Crippen molar-refractivity contribution in [2.75, 3.05) is 5.32 Å². The zero-order valence-electron chi connectivity index (χ0n) is 15.5. The number of benzene rings is 1. The summed E-state index contributed by atoms with van der Waals surface area (Å²) in [5.41, 5.74) is -1.27. The van der Waals surface area contributed by atoms with E-state index >= 15 is 0 Å². The van der Waals surface area contributed by atoms with Gasteiger partial charge in [0.2, 0.25) is 0 Å². The van der Waals surface area contributed by atoms with Gasteiger partial charge in [-0.25, -0.2) is 9.67 Å². The van der Waals surface area contributed by atoms with Crippen molar-refractivity contribution in [2.45, 2.75) is 13.1 Å². The monoisotopic (exact) mass is 413 g/mol. The lowest BCUT2D eigenvalue weighted by Crippen LogP contribution is -2.27. The summed E-state index contributed by atoms with van der Waals surface area (Å²) < 4.78 is 42.5. The van der Waals surface area contributed by atoms with Crippen LogP contribution in [0, 0.1) is 6.92 Å². The summed E-state index contributed by atoms with van der Waals surface area (Å²) in [4.78, 5) is 29.4. The first-order valence-electron chi connectivity index (χ1n) is 8.77. The molecule has 0 aliphatic heterocycles. The number of aromatic nitrogens is 4. The van der Waals surface area contributed by atoms with Crippen molar-refractivity contribution in [3.8, 4) is 5.69 Å². The van der Waals surface area contributed by atoms with Crippen LogP contribution < -0.4 is 10.9 Å². The summed E-state index contributed by atoms with van der Waals surface area (Å²) in [7, 11) is 0. The van der Waals surface area contributed by atoms with Crippen molar-refractivity contribution < 1.29 is 18.0 Å². The second-order valence-corrected chi connectivity index (χ2v) is 6.46. The van der Waals surface area contributed by atoms with Crippen molar-refractivity contribution in [2.24, 2.45) is 0 Å². The molecule has 3 aromatic heterocycles. The SMILES string of the molecule is Cc1cc(NC(=O)c2cnc3ccccn3c2=O)n(-c2ccccc2C(F)(F)F)n1. The van der Waals surface area contributed by atoms with Crippen LogP contribution in [0.1, 0.15) is 21.6 Å². The van der Waals surface area contributed by atoms with Crippen LogP contribution >= 0.6 is 0 Å². The minimum Gasteiger partial charge on any atom is -0.306 e. The molecule has 0 unspecified atom stereocenters. The smallest absolute Gasteiger partial charge is 0.306 e. The Morgan fingerprint density at radius 3 is 2.60 bits per heavy atom. The summed E-state index contributed by atoms with van der Waals surface area (Å²) >= 11 is 0. The predicted molar refractivity (Wildman–Crippen MR) is 103 cm³/mol. The first-order chi connectivity index (χ1) is 14.3. The highest BCUT2D eigenvalue weighted by Crippen LogP contribution is 2.34. The Kier molecular flexibility index (Phi) is 4.61.